The Kier molecular flexibility index (Phi) is 4.11. The average molecular weight is 348 g/mol. The smallest absolute Gasteiger partial charge is 0.275 e. The van der Waals surface area contributed by atoms with Crippen LogP contribution >= 0.6 is 39.1 Å². The minimum absolute atomic E-state index is 0.158. The average Bonchev–Trinajstić information content (AvgIpc) is 2.34. The Morgan fingerprint density at radius 2 is 1.94 bits per heavy atom. The van der Waals surface area contributed by atoms with Crippen molar-refractivity contribution in [3.63, 3.8) is 0 Å². The highest BCUT2D eigenvalue weighted by Gasteiger charge is 2.09. The summed E-state index contributed by atoms with van der Waals surface area (Å²) in [6.45, 7) is 0. The first-order valence-electron chi connectivity index (χ1n) is 4.66. The second-order valence-electron chi connectivity index (χ2n) is 3.18. The Labute approximate surface area is 121 Å². The van der Waals surface area contributed by atoms with E-state index in [0.717, 1.165) is 0 Å². The quantitative estimate of drug-likeness (QED) is 0.847. The molecule has 0 unspecified atom stereocenters. The topological polar surface area (TPSA) is 67.8 Å². The zero-order valence-electron chi connectivity index (χ0n) is 8.69. The third-order valence-electron chi connectivity index (χ3n) is 1.91. The number of carbonyl (C=O) groups excluding carboxylic acids is 1. The maximum absolute atomic E-state index is 11.8. The number of amides is 1. The first-order chi connectivity index (χ1) is 8.56. The van der Waals surface area contributed by atoms with Gasteiger partial charge < -0.3 is 5.32 Å². The number of aromatic nitrogens is 3. The van der Waals surface area contributed by atoms with Crippen LogP contribution in [0.2, 0.25) is 10.3 Å². The summed E-state index contributed by atoms with van der Waals surface area (Å²) >= 11 is 14.5. The van der Waals surface area contributed by atoms with Crippen molar-refractivity contribution in [2.75, 3.05) is 5.32 Å². The molecule has 1 N–H and O–H groups in total. The monoisotopic (exact) mass is 346 g/mol. The Bertz CT molecular complexity index is 591. The molecular weight excluding hydrogens is 343 g/mol. The van der Waals surface area contributed by atoms with Gasteiger partial charge in [-0.15, -0.1) is 0 Å². The lowest BCUT2D eigenvalue weighted by molar-refractivity contribution is 0.102. The highest BCUT2D eigenvalue weighted by Crippen LogP contribution is 2.23. The van der Waals surface area contributed by atoms with Gasteiger partial charge in [-0.05, 0) is 22.0 Å². The van der Waals surface area contributed by atoms with Crippen LogP contribution in [0.3, 0.4) is 0 Å². The first kappa shape index (κ1) is 13.2. The van der Waals surface area contributed by atoms with E-state index in [-0.39, 0.29) is 10.8 Å². The molecule has 0 aromatic carbocycles. The summed E-state index contributed by atoms with van der Waals surface area (Å²) in [5.74, 6) is -0.407. The molecule has 1 amide bonds. The highest BCUT2D eigenvalue weighted by atomic mass is 79.9. The van der Waals surface area contributed by atoms with Crippen molar-refractivity contribution in [2.24, 2.45) is 0 Å². The molecule has 0 aliphatic heterocycles. The number of hydrogen-bond acceptors (Lipinski definition) is 4. The van der Waals surface area contributed by atoms with Crippen molar-refractivity contribution in [2.45, 2.75) is 0 Å². The first-order valence-corrected chi connectivity index (χ1v) is 6.21. The largest absolute Gasteiger partial charge is 0.319 e. The minimum atomic E-state index is -0.407. The van der Waals surface area contributed by atoms with Crippen LogP contribution in [0.4, 0.5) is 5.69 Å². The van der Waals surface area contributed by atoms with Crippen LogP contribution in [0.25, 0.3) is 0 Å². The lowest BCUT2D eigenvalue weighted by Crippen LogP contribution is -2.14. The summed E-state index contributed by atoms with van der Waals surface area (Å²) in [6, 6.07) is 1.64. The van der Waals surface area contributed by atoms with Crippen LogP contribution < -0.4 is 5.32 Å². The van der Waals surface area contributed by atoms with Gasteiger partial charge in [0.15, 0.2) is 0 Å². The summed E-state index contributed by atoms with van der Waals surface area (Å²) in [5, 5.41) is 3.15. The van der Waals surface area contributed by atoms with Gasteiger partial charge in [-0.1, -0.05) is 23.2 Å². The van der Waals surface area contributed by atoms with Crippen LogP contribution in [0.15, 0.2) is 29.1 Å². The van der Waals surface area contributed by atoms with E-state index in [4.69, 9.17) is 23.2 Å². The molecule has 2 aromatic heterocycles. The third kappa shape index (κ3) is 3.16. The molecule has 92 valence electrons. The fourth-order valence-corrected chi connectivity index (χ4v) is 1.66. The minimum Gasteiger partial charge on any atom is -0.319 e. The molecule has 18 heavy (non-hydrogen) atoms. The van der Waals surface area contributed by atoms with Crippen LogP contribution in [0.1, 0.15) is 10.5 Å². The van der Waals surface area contributed by atoms with Crippen LogP contribution in [0, 0.1) is 0 Å². The van der Waals surface area contributed by atoms with Gasteiger partial charge in [-0.25, -0.2) is 15.0 Å². The Balaban J connectivity index is 2.16. The number of carbonyl (C=O) groups is 1. The second-order valence-corrected chi connectivity index (χ2v) is 4.77. The van der Waals surface area contributed by atoms with Gasteiger partial charge >= 0.3 is 0 Å². The predicted molar refractivity (Wildman–Crippen MR) is 71.9 cm³/mol. The molecule has 0 aliphatic rings. The molecule has 2 rings (SSSR count). The molecule has 0 saturated heterocycles. The molecule has 0 saturated carbocycles. The van der Waals surface area contributed by atoms with Crippen molar-refractivity contribution in [1.82, 2.24) is 15.0 Å². The SMILES string of the molecule is O=C(Nc1cnc(Cl)c(Br)c1)c1cnc(Cl)cn1. The number of nitrogens with one attached hydrogen (secondary N) is 1. The van der Waals surface area contributed by atoms with Gasteiger partial charge in [-0.3, -0.25) is 4.79 Å². The van der Waals surface area contributed by atoms with Crippen molar-refractivity contribution >= 4 is 50.7 Å². The lowest BCUT2D eigenvalue weighted by Gasteiger charge is -2.05. The molecule has 5 nitrogen and oxygen atoms in total. The van der Waals surface area contributed by atoms with Crippen molar-refractivity contribution < 1.29 is 4.79 Å². The summed E-state index contributed by atoms with van der Waals surface area (Å²) < 4.78 is 0.587. The van der Waals surface area contributed by atoms with E-state index in [9.17, 15) is 4.79 Å². The van der Waals surface area contributed by atoms with Crippen LogP contribution in [0.5, 0.6) is 0 Å². The summed E-state index contributed by atoms with van der Waals surface area (Å²) in [6.07, 6.45) is 4.02. The molecule has 0 fully saturated rings. The lowest BCUT2D eigenvalue weighted by atomic mass is 10.3. The molecule has 0 atom stereocenters. The van der Waals surface area contributed by atoms with Crippen LogP contribution in [-0.4, -0.2) is 20.9 Å². The molecule has 2 aromatic rings. The Morgan fingerprint density at radius 1 is 1.17 bits per heavy atom. The van der Waals surface area contributed by atoms with Crippen molar-refractivity contribution in [3.8, 4) is 0 Å². The van der Waals surface area contributed by atoms with E-state index in [1.165, 1.54) is 18.6 Å². The summed E-state index contributed by atoms with van der Waals surface area (Å²) in [7, 11) is 0. The van der Waals surface area contributed by atoms with E-state index >= 15 is 0 Å². The maximum atomic E-state index is 11.8. The van der Waals surface area contributed by atoms with Gasteiger partial charge in [0.25, 0.3) is 5.91 Å². The number of pyridine rings is 1. The fourth-order valence-electron chi connectivity index (χ4n) is 1.11. The van der Waals surface area contributed by atoms with Gasteiger partial charge in [-0.2, -0.15) is 0 Å². The van der Waals surface area contributed by atoms with E-state index in [1.807, 2.05) is 0 Å². The highest BCUT2D eigenvalue weighted by molar-refractivity contribution is 9.10. The maximum Gasteiger partial charge on any atom is 0.275 e. The zero-order chi connectivity index (χ0) is 13.1. The molecular formula is C10H5BrCl2N4O. The number of nitrogens with zero attached hydrogens (tertiary/aromatic N) is 3. The molecule has 2 heterocycles. The molecule has 0 aliphatic carbocycles. The van der Waals surface area contributed by atoms with Crippen molar-refractivity contribution in [3.05, 3.63) is 45.1 Å². The molecule has 0 spiro atoms. The summed E-state index contributed by atoms with van der Waals surface area (Å²) in [4.78, 5) is 23.3. The second kappa shape index (κ2) is 5.60. The molecule has 8 heteroatoms. The van der Waals surface area contributed by atoms with Crippen LogP contribution in [-0.2, 0) is 0 Å². The Morgan fingerprint density at radius 3 is 2.56 bits per heavy atom. The van der Waals surface area contributed by atoms with E-state index in [1.54, 1.807) is 6.07 Å². The molecule has 0 radical (unpaired) electrons. The van der Waals surface area contributed by atoms with E-state index < -0.39 is 5.91 Å². The molecule has 0 bridgehead atoms. The van der Waals surface area contributed by atoms with Gasteiger partial charge in [0.05, 0.1) is 28.8 Å². The van der Waals surface area contributed by atoms with E-state index in [0.29, 0.717) is 15.3 Å². The third-order valence-corrected chi connectivity index (χ3v) is 3.24. The van der Waals surface area contributed by atoms with Crippen molar-refractivity contribution in [1.29, 1.82) is 0 Å². The van der Waals surface area contributed by atoms with E-state index in [2.05, 4.69) is 36.2 Å². The predicted octanol–water partition coefficient (Wildman–Crippen LogP) is 3.19. The number of halogens is 3. The number of anilines is 1. The Hall–Kier alpha value is -1.24. The van der Waals surface area contributed by atoms with Gasteiger partial charge in [0.2, 0.25) is 0 Å². The zero-order valence-corrected chi connectivity index (χ0v) is 11.8. The summed E-state index contributed by atoms with van der Waals surface area (Å²) in [5.41, 5.74) is 0.651. The number of rotatable bonds is 2. The fraction of sp³-hybridized carbons (Fsp3) is 0. The van der Waals surface area contributed by atoms with Gasteiger partial charge in [0.1, 0.15) is 16.0 Å². The normalized spacial score (nSPS) is 10.2. The standard InChI is InChI=1S/C10H5BrCl2N4O/c11-6-1-5(2-16-9(6)13)17-10(18)7-3-15-8(12)4-14-7/h1-4H,(H,17,18). The van der Waals surface area contributed by atoms with Gasteiger partial charge in [0, 0.05) is 0 Å². The number of hydrogen-bond donors (Lipinski definition) is 1.